The van der Waals surface area contributed by atoms with Crippen LogP contribution in [0, 0.1) is 0 Å². The van der Waals surface area contributed by atoms with Gasteiger partial charge in [-0.3, -0.25) is 4.79 Å². The standard InChI is InChI=1S/C15H20FNO5S/c1-4-6-17(3)14(18)11-7-12(15(19)22-5-2)9-13(8-11)23(20,21)10-16/h7-9H,4-6,10H2,1-3H3. The molecule has 0 radical (unpaired) electrons. The van der Waals surface area contributed by atoms with Crippen molar-refractivity contribution in [3.63, 3.8) is 0 Å². The first-order valence-electron chi connectivity index (χ1n) is 7.13. The normalized spacial score (nSPS) is 11.1. The van der Waals surface area contributed by atoms with Gasteiger partial charge in [-0.1, -0.05) is 6.92 Å². The van der Waals surface area contributed by atoms with Crippen molar-refractivity contribution in [3.8, 4) is 0 Å². The summed E-state index contributed by atoms with van der Waals surface area (Å²) in [5.41, 5.74) is -0.104. The molecule has 0 fully saturated rings. The van der Waals surface area contributed by atoms with Crippen LogP contribution in [0.2, 0.25) is 0 Å². The third-order valence-corrected chi connectivity index (χ3v) is 4.31. The largest absolute Gasteiger partial charge is 0.462 e. The summed E-state index contributed by atoms with van der Waals surface area (Å²) in [6, 6.07) is 1.73. The lowest BCUT2D eigenvalue weighted by Crippen LogP contribution is -2.28. The molecule has 0 aliphatic rings. The Kier molecular flexibility index (Phi) is 6.68. The highest BCUT2D eigenvalue weighted by Gasteiger charge is 2.22. The summed E-state index contributed by atoms with van der Waals surface area (Å²) in [6.45, 7) is 4.05. The number of nitrogens with zero attached hydrogens (tertiary/aromatic N) is 1. The molecule has 1 amide bonds. The van der Waals surface area contributed by atoms with Gasteiger partial charge in [0.2, 0.25) is 9.84 Å². The van der Waals surface area contributed by atoms with E-state index >= 15 is 0 Å². The van der Waals surface area contributed by atoms with Crippen molar-refractivity contribution in [2.45, 2.75) is 25.2 Å². The Labute approximate surface area is 135 Å². The molecule has 0 unspecified atom stereocenters. The minimum Gasteiger partial charge on any atom is -0.462 e. The Morgan fingerprint density at radius 3 is 2.30 bits per heavy atom. The molecule has 128 valence electrons. The minimum atomic E-state index is -4.21. The summed E-state index contributed by atoms with van der Waals surface area (Å²) in [4.78, 5) is 25.1. The number of carbonyl (C=O) groups excluding carboxylic acids is 2. The van der Waals surface area contributed by atoms with E-state index in [4.69, 9.17) is 4.74 Å². The molecular formula is C15H20FNO5S. The number of hydrogen-bond acceptors (Lipinski definition) is 5. The predicted molar refractivity (Wildman–Crippen MR) is 82.8 cm³/mol. The van der Waals surface area contributed by atoms with Crippen molar-refractivity contribution in [1.29, 1.82) is 0 Å². The molecule has 0 spiro atoms. The van der Waals surface area contributed by atoms with Crippen LogP contribution in [0.4, 0.5) is 4.39 Å². The number of sulfone groups is 1. The maximum atomic E-state index is 12.8. The van der Waals surface area contributed by atoms with Crippen LogP contribution in [0.25, 0.3) is 0 Å². The van der Waals surface area contributed by atoms with Crippen molar-refractivity contribution in [3.05, 3.63) is 29.3 Å². The van der Waals surface area contributed by atoms with Gasteiger partial charge in [0.25, 0.3) is 5.91 Å². The van der Waals surface area contributed by atoms with E-state index in [0.717, 1.165) is 18.6 Å². The average molecular weight is 345 g/mol. The van der Waals surface area contributed by atoms with Gasteiger partial charge in [0.05, 0.1) is 17.1 Å². The zero-order chi connectivity index (χ0) is 17.6. The molecule has 0 saturated heterocycles. The lowest BCUT2D eigenvalue weighted by Gasteiger charge is -2.17. The highest BCUT2D eigenvalue weighted by molar-refractivity contribution is 7.91. The Bertz CT molecular complexity index is 687. The van der Waals surface area contributed by atoms with Gasteiger partial charge >= 0.3 is 5.97 Å². The van der Waals surface area contributed by atoms with Crippen molar-refractivity contribution in [2.75, 3.05) is 26.2 Å². The maximum absolute atomic E-state index is 12.8. The van der Waals surface area contributed by atoms with Crippen LogP contribution in [0.3, 0.4) is 0 Å². The number of halogens is 1. The maximum Gasteiger partial charge on any atom is 0.338 e. The number of benzene rings is 1. The highest BCUT2D eigenvalue weighted by Crippen LogP contribution is 2.19. The predicted octanol–water partition coefficient (Wildman–Crippen LogP) is 2.05. The first-order valence-corrected chi connectivity index (χ1v) is 8.78. The average Bonchev–Trinajstić information content (AvgIpc) is 2.54. The summed E-state index contributed by atoms with van der Waals surface area (Å²) in [5, 5.41) is 0. The van der Waals surface area contributed by atoms with Crippen LogP contribution in [-0.4, -0.2) is 51.4 Å². The van der Waals surface area contributed by atoms with Crippen LogP contribution < -0.4 is 0 Å². The topological polar surface area (TPSA) is 80.8 Å². The number of alkyl halides is 1. The number of hydrogen-bond donors (Lipinski definition) is 0. The van der Waals surface area contributed by atoms with Gasteiger partial charge < -0.3 is 9.64 Å². The fourth-order valence-electron chi connectivity index (χ4n) is 1.95. The van der Waals surface area contributed by atoms with E-state index in [0.29, 0.717) is 6.54 Å². The number of esters is 1. The second-order valence-corrected chi connectivity index (χ2v) is 6.84. The smallest absolute Gasteiger partial charge is 0.338 e. The monoisotopic (exact) mass is 345 g/mol. The van der Waals surface area contributed by atoms with Gasteiger partial charge in [0.1, 0.15) is 0 Å². The molecular weight excluding hydrogens is 325 g/mol. The summed E-state index contributed by atoms with van der Waals surface area (Å²) >= 11 is 0. The molecule has 0 saturated carbocycles. The molecule has 0 atom stereocenters. The summed E-state index contributed by atoms with van der Waals surface area (Å²) in [5.74, 6) is -1.22. The van der Waals surface area contributed by atoms with E-state index in [1.807, 2.05) is 6.92 Å². The van der Waals surface area contributed by atoms with Gasteiger partial charge in [-0.25, -0.2) is 17.6 Å². The van der Waals surface area contributed by atoms with E-state index < -0.39 is 32.6 Å². The third kappa shape index (κ3) is 4.75. The molecule has 1 aromatic carbocycles. The number of rotatable bonds is 7. The molecule has 6 nitrogen and oxygen atoms in total. The van der Waals surface area contributed by atoms with Crippen LogP contribution in [0.15, 0.2) is 23.1 Å². The third-order valence-electron chi connectivity index (χ3n) is 3.07. The van der Waals surface area contributed by atoms with E-state index in [2.05, 4.69) is 0 Å². The quantitative estimate of drug-likeness (QED) is 0.707. The Morgan fingerprint density at radius 2 is 1.78 bits per heavy atom. The van der Waals surface area contributed by atoms with E-state index in [1.54, 1.807) is 14.0 Å². The van der Waals surface area contributed by atoms with Crippen LogP contribution in [0.1, 0.15) is 41.0 Å². The van der Waals surface area contributed by atoms with Crippen molar-refractivity contribution in [1.82, 2.24) is 4.90 Å². The second kappa shape index (κ2) is 8.05. The Hall–Kier alpha value is -1.96. The number of carbonyl (C=O) groups is 2. The summed E-state index contributed by atoms with van der Waals surface area (Å²) in [6.07, 6.45) is 0.718. The molecule has 1 rings (SSSR count). The molecule has 0 N–H and O–H groups in total. The molecule has 8 heteroatoms. The van der Waals surface area contributed by atoms with Gasteiger partial charge in [-0.05, 0) is 31.5 Å². The Morgan fingerprint density at radius 1 is 1.17 bits per heavy atom. The fraction of sp³-hybridized carbons (Fsp3) is 0.467. The van der Waals surface area contributed by atoms with Crippen LogP contribution in [0.5, 0.6) is 0 Å². The first-order chi connectivity index (χ1) is 10.8. The molecule has 23 heavy (non-hydrogen) atoms. The molecule has 0 bridgehead atoms. The lowest BCUT2D eigenvalue weighted by atomic mass is 10.1. The van der Waals surface area contributed by atoms with E-state index in [-0.39, 0.29) is 17.7 Å². The zero-order valence-electron chi connectivity index (χ0n) is 13.3. The van der Waals surface area contributed by atoms with Crippen LogP contribution in [-0.2, 0) is 14.6 Å². The number of amides is 1. The second-order valence-electron chi connectivity index (χ2n) is 4.92. The lowest BCUT2D eigenvalue weighted by molar-refractivity contribution is 0.0526. The van der Waals surface area contributed by atoms with Gasteiger partial charge in [-0.15, -0.1) is 0 Å². The van der Waals surface area contributed by atoms with E-state index in [9.17, 15) is 22.4 Å². The van der Waals surface area contributed by atoms with Gasteiger partial charge in [0.15, 0.2) is 6.01 Å². The zero-order valence-corrected chi connectivity index (χ0v) is 14.2. The van der Waals surface area contributed by atoms with Crippen LogP contribution >= 0.6 is 0 Å². The van der Waals surface area contributed by atoms with Gasteiger partial charge in [-0.2, -0.15) is 0 Å². The minimum absolute atomic E-state index is 0.00136. The Balaban J connectivity index is 3.40. The van der Waals surface area contributed by atoms with E-state index in [1.165, 1.54) is 11.0 Å². The summed E-state index contributed by atoms with van der Waals surface area (Å²) < 4.78 is 41.1. The number of ether oxygens (including phenoxy) is 1. The molecule has 0 aliphatic heterocycles. The molecule has 0 aromatic heterocycles. The summed E-state index contributed by atoms with van der Waals surface area (Å²) in [7, 11) is -2.65. The SMILES string of the molecule is CCCN(C)C(=O)c1cc(C(=O)OCC)cc(S(=O)(=O)CF)c1. The molecule has 0 heterocycles. The van der Waals surface area contributed by atoms with Crippen molar-refractivity contribution >= 4 is 21.7 Å². The highest BCUT2D eigenvalue weighted by atomic mass is 32.2. The van der Waals surface area contributed by atoms with Crippen molar-refractivity contribution < 1.29 is 27.1 Å². The molecule has 0 aliphatic carbocycles. The van der Waals surface area contributed by atoms with Crippen molar-refractivity contribution in [2.24, 2.45) is 0 Å². The molecule has 1 aromatic rings. The fourth-order valence-corrected chi connectivity index (χ4v) is 2.69. The van der Waals surface area contributed by atoms with Gasteiger partial charge in [0, 0.05) is 19.2 Å². The first kappa shape index (κ1) is 19.1.